The molecule has 0 bridgehead atoms. The lowest BCUT2D eigenvalue weighted by Crippen LogP contribution is -2.58. The maximum Gasteiger partial charge on any atom is 0.399 e. The fraction of sp³-hybridized carbons (Fsp3) is 0.510. The fourth-order valence-electron chi connectivity index (χ4n) is 9.79. The lowest BCUT2D eigenvalue weighted by atomic mass is 10.0. The molecule has 0 spiro atoms. The molecular weight excluding hydrogens is 964 g/mol. The van der Waals surface area contributed by atoms with E-state index >= 15 is 0 Å². The summed E-state index contributed by atoms with van der Waals surface area (Å²) in [5.74, 6) is 2.22. The molecule has 7 atom stereocenters. The maximum atomic E-state index is 14.5. The molecule has 1 saturated carbocycles. The number of rotatable bonds is 21. The predicted molar refractivity (Wildman–Crippen MR) is 256 cm³/mol. The molecule has 1 aromatic heterocycles. The number of fused-ring (bicyclic) bond motifs is 3. The van der Waals surface area contributed by atoms with Crippen molar-refractivity contribution in [3.05, 3.63) is 69.6 Å². The van der Waals surface area contributed by atoms with E-state index in [4.69, 9.17) is 5.73 Å². The number of unbranched alkanes of at least 4 members (excludes halogenated alkanes) is 5. The van der Waals surface area contributed by atoms with E-state index in [0.29, 0.717) is 41.5 Å². The van der Waals surface area contributed by atoms with E-state index in [9.17, 15) is 61.5 Å². The Morgan fingerprint density at radius 2 is 1.76 bits per heavy atom. The number of thiophene rings is 1. The van der Waals surface area contributed by atoms with Crippen LogP contribution >= 0.6 is 18.9 Å². The summed E-state index contributed by atoms with van der Waals surface area (Å²) in [7, 11) is -5.83. The molecule has 8 amide bonds. The summed E-state index contributed by atoms with van der Waals surface area (Å²) in [5.41, 5.74) is 2.03. The minimum atomic E-state index is -5.83. The van der Waals surface area contributed by atoms with Crippen molar-refractivity contribution in [2.24, 2.45) is 23.5 Å². The molecule has 0 radical (unpaired) electrons. The molecule has 380 valence electrons. The fourth-order valence-corrected chi connectivity index (χ4v) is 11.2. The normalized spacial score (nSPS) is 21.4. The van der Waals surface area contributed by atoms with Crippen LogP contribution in [0.4, 0.5) is 8.78 Å². The average Bonchev–Trinajstić information content (AvgIpc) is 3.68. The Morgan fingerprint density at radius 1 is 1.00 bits per heavy atom. The van der Waals surface area contributed by atoms with E-state index in [-0.39, 0.29) is 91.6 Å². The Kier molecular flexibility index (Phi) is 16.4. The Labute approximate surface area is 412 Å². The minimum Gasteiger partial charge on any atom is -0.370 e. The number of piperidine rings is 2. The van der Waals surface area contributed by atoms with Crippen LogP contribution in [0.1, 0.15) is 128 Å². The highest BCUT2D eigenvalue weighted by Gasteiger charge is 2.63. The molecule has 2 aromatic carbocycles. The van der Waals surface area contributed by atoms with Gasteiger partial charge in [0.25, 0.3) is 11.8 Å². The second kappa shape index (κ2) is 22.1. The van der Waals surface area contributed by atoms with Gasteiger partial charge in [0, 0.05) is 60.3 Å². The van der Waals surface area contributed by atoms with Crippen molar-refractivity contribution >= 4 is 76.3 Å². The average molecular weight is 1020 g/mol. The molecule has 7 rings (SSSR count). The molecule has 4 aliphatic rings. The van der Waals surface area contributed by atoms with Crippen LogP contribution in [-0.4, -0.2) is 104 Å². The van der Waals surface area contributed by atoms with Crippen molar-refractivity contribution in [3.8, 4) is 11.8 Å². The van der Waals surface area contributed by atoms with E-state index in [1.807, 2.05) is 19.9 Å². The number of alkyl halides is 2. The van der Waals surface area contributed by atoms with Crippen molar-refractivity contribution in [1.82, 2.24) is 31.1 Å². The van der Waals surface area contributed by atoms with E-state index in [0.717, 1.165) is 48.3 Å². The van der Waals surface area contributed by atoms with E-state index < -0.39 is 78.4 Å². The summed E-state index contributed by atoms with van der Waals surface area (Å²) < 4.78 is 40.8. The smallest absolute Gasteiger partial charge is 0.370 e. The molecule has 18 nitrogen and oxygen atoms in total. The zero-order valence-electron chi connectivity index (χ0n) is 39.3. The molecule has 2 saturated heterocycles. The Bertz CT molecular complexity index is 2740. The lowest BCUT2D eigenvalue weighted by molar-refractivity contribution is -0.142. The highest BCUT2D eigenvalue weighted by molar-refractivity contribution is 7.52. The van der Waals surface area contributed by atoms with Gasteiger partial charge in [-0.3, -0.25) is 48.2 Å². The van der Waals surface area contributed by atoms with Crippen molar-refractivity contribution in [2.75, 3.05) is 13.1 Å². The first kappa shape index (κ1) is 52.7. The minimum absolute atomic E-state index is 0.00622. The molecule has 1 aliphatic carbocycles. The van der Waals surface area contributed by atoms with Crippen LogP contribution in [0.25, 0.3) is 10.1 Å². The van der Waals surface area contributed by atoms with Gasteiger partial charge in [-0.2, -0.15) is 8.78 Å². The largest absolute Gasteiger partial charge is 0.399 e. The molecule has 22 heteroatoms. The number of nitrogens with one attached hydrogen (secondary N) is 4. The number of halogens is 2. The number of amides is 8. The Balaban J connectivity index is 0.910. The summed E-state index contributed by atoms with van der Waals surface area (Å²) in [6.07, 6.45) is 5.15. The molecule has 3 aromatic rings. The summed E-state index contributed by atoms with van der Waals surface area (Å²) in [4.78, 5) is 126. The molecule has 3 fully saturated rings. The summed E-state index contributed by atoms with van der Waals surface area (Å²) in [6, 6.07) is 5.76. The summed E-state index contributed by atoms with van der Waals surface area (Å²) >= 11 is 0.950. The van der Waals surface area contributed by atoms with Gasteiger partial charge in [0.05, 0.1) is 4.88 Å². The first-order chi connectivity index (χ1) is 33.7. The number of hydrogen-bond acceptors (Lipinski definition) is 10. The number of carbonyl (C=O) groups excluding carboxylic acids is 8. The van der Waals surface area contributed by atoms with E-state index in [2.05, 4.69) is 33.1 Å². The van der Waals surface area contributed by atoms with Gasteiger partial charge in [0.2, 0.25) is 35.4 Å². The third-order valence-electron chi connectivity index (χ3n) is 13.8. The zero-order valence-corrected chi connectivity index (χ0v) is 41.1. The second-order valence-corrected chi connectivity index (χ2v) is 21.4. The van der Waals surface area contributed by atoms with Crippen molar-refractivity contribution in [2.45, 2.75) is 127 Å². The predicted octanol–water partition coefficient (Wildman–Crippen LogP) is 4.14. The van der Waals surface area contributed by atoms with E-state index in [1.165, 1.54) is 21.9 Å². The van der Waals surface area contributed by atoms with Gasteiger partial charge in [-0.05, 0) is 91.1 Å². The third kappa shape index (κ3) is 11.8. The van der Waals surface area contributed by atoms with Crippen LogP contribution in [0.15, 0.2) is 42.5 Å². The Hall–Kier alpha value is -6.07. The zero-order chi connectivity index (χ0) is 51.4. The first-order valence-corrected chi connectivity index (χ1v) is 26.3. The van der Waals surface area contributed by atoms with E-state index in [1.54, 1.807) is 12.1 Å². The monoisotopic (exact) mass is 1020 g/mol. The SMILES string of the molecule is CCCC[C@H](NC(=O)c1cc2cc(C(F)(F)P(=O)(O)O)ccc2s1)C(=O)N1C[C@@H]2[C@H](C)[C@@H]2[C@@H]1C(=O)N[C@@H](CCC(N)=O)C(=O)NCCCCCCC#Cc1cccc2c1CN(C1CCC(=O)NC1=O)C2=O. The standard InChI is InChI=1S/C49H58F2N7O11PS/c1-3-4-15-35(55-45(63)38-24-29-23-30(16-19-37(29)71-38)49(50,51)70(67,68)69)48(66)58-25-32-27(2)41(32)42(58)46(64)54-34(17-20-39(52)59)43(61)53-22-10-8-6-5-7-9-12-28-13-11-14-31-33(28)26-57(47(31)65)36-18-21-40(60)56-44(36)62/h11,13-14,16,19,23-24,27,32,34-36,41-42H,3-8,10,15,17-18,20-22,25-26H2,1-2H3,(H2,52,59)(H,53,61)(H,54,64)(H,55,63)(H,56,60,62)(H2,67,68,69)/t27-,32+,34-,35-,36?,41-,42+/m0/s1. The molecular formula is C49H58F2N7O11PS. The van der Waals surface area contributed by atoms with Crippen LogP contribution in [-0.2, 0) is 45.5 Å². The Morgan fingerprint density at radius 3 is 2.48 bits per heavy atom. The number of carbonyl (C=O) groups is 8. The summed E-state index contributed by atoms with van der Waals surface area (Å²) in [5, 5.41) is 10.9. The molecule has 3 aliphatic heterocycles. The quantitative estimate of drug-likeness (QED) is 0.0345. The van der Waals surface area contributed by atoms with Crippen LogP contribution < -0.4 is 27.0 Å². The lowest BCUT2D eigenvalue weighted by Gasteiger charge is -2.32. The van der Waals surface area contributed by atoms with Gasteiger partial charge < -0.3 is 41.3 Å². The van der Waals surface area contributed by atoms with Crippen LogP contribution in [0.5, 0.6) is 0 Å². The maximum absolute atomic E-state index is 14.5. The number of likely N-dealkylation sites (tertiary alicyclic amines) is 1. The van der Waals surface area contributed by atoms with Crippen LogP contribution in [0, 0.1) is 29.6 Å². The van der Waals surface area contributed by atoms with Crippen LogP contribution in [0.2, 0.25) is 0 Å². The van der Waals surface area contributed by atoms with Crippen molar-refractivity contribution < 1.29 is 61.5 Å². The number of benzene rings is 2. The number of imide groups is 1. The molecule has 4 heterocycles. The summed E-state index contributed by atoms with van der Waals surface area (Å²) in [6.45, 7) is 4.64. The number of hydrogen-bond donors (Lipinski definition) is 7. The van der Waals surface area contributed by atoms with Gasteiger partial charge in [-0.1, -0.05) is 63.5 Å². The number of primary amides is 1. The second-order valence-electron chi connectivity index (χ2n) is 18.7. The van der Waals surface area contributed by atoms with Gasteiger partial charge in [0.1, 0.15) is 24.2 Å². The van der Waals surface area contributed by atoms with Gasteiger partial charge in [0.15, 0.2) is 0 Å². The number of nitrogens with zero attached hydrogens (tertiary/aromatic N) is 2. The topological polar surface area (TPSA) is 275 Å². The van der Waals surface area contributed by atoms with Gasteiger partial charge in [-0.15, -0.1) is 11.3 Å². The number of nitrogens with two attached hydrogens (primary N) is 1. The highest BCUT2D eigenvalue weighted by Crippen LogP contribution is 2.59. The third-order valence-corrected chi connectivity index (χ3v) is 15.9. The highest BCUT2D eigenvalue weighted by atomic mass is 32.1. The van der Waals surface area contributed by atoms with Gasteiger partial charge in [-0.25, -0.2) is 0 Å². The van der Waals surface area contributed by atoms with Crippen molar-refractivity contribution in [3.63, 3.8) is 0 Å². The molecule has 1 unspecified atom stereocenters. The first-order valence-electron chi connectivity index (χ1n) is 23.9. The molecule has 71 heavy (non-hydrogen) atoms. The van der Waals surface area contributed by atoms with Crippen molar-refractivity contribution in [1.29, 1.82) is 0 Å². The van der Waals surface area contributed by atoms with Crippen LogP contribution in [0.3, 0.4) is 0 Å². The van der Waals surface area contributed by atoms with Gasteiger partial charge >= 0.3 is 13.3 Å². The molecule has 8 N–H and O–H groups in total.